The molecule has 0 aromatic rings. The molecule has 1 nitrogen and oxygen atoms in total. The molecule has 166 valence electrons. The zero-order valence-electron chi connectivity index (χ0n) is 20.6. The third-order valence-electron chi connectivity index (χ3n) is 8.47. The van der Waals surface area contributed by atoms with Crippen molar-refractivity contribution in [1.29, 1.82) is 0 Å². The molecule has 1 rings (SSSR count). The lowest BCUT2D eigenvalue weighted by atomic mass is 9.67. The van der Waals surface area contributed by atoms with Crippen LogP contribution >= 0.6 is 21.3 Å². The fraction of sp³-hybridized carbons (Fsp3) is 0.870. The molecule has 28 heavy (non-hydrogen) atoms. The second-order valence-corrected chi connectivity index (χ2v) is 22.6. The van der Waals surface area contributed by atoms with Gasteiger partial charge in [0.2, 0.25) is 0 Å². The van der Waals surface area contributed by atoms with Gasteiger partial charge in [-0.25, -0.2) is 0 Å². The van der Waals surface area contributed by atoms with Crippen molar-refractivity contribution in [2.75, 3.05) is 36.7 Å². The Morgan fingerprint density at radius 3 is 1.93 bits per heavy atom. The Labute approximate surface area is 179 Å². The summed E-state index contributed by atoms with van der Waals surface area (Å²) in [5.74, 6) is 2.57. The first-order valence-electron chi connectivity index (χ1n) is 11.4. The van der Waals surface area contributed by atoms with Crippen LogP contribution in [0.2, 0.25) is 5.82 Å². The quantitative estimate of drug-likeness (QED) is 0.273. The van der Waals surface area contributed by atoms with Crippen molar-refractivity contribution in [3.63, 3.8) is 0 Å². The summed E-state index contributed by atoms with van der Waals surface area (Å²) in [5.41, 5.74) is 0.364. The van der Waals surface area contributed by atoms with Gasteiger partial charge >= 0.3 is 0 Å². The topological polar surface area (TPSA) is 9.23 Å². The molecule has 0 radical (unpaired) electrons. The third-order valence-corrected chi connectivity index (χ3v) is 21.2. The van der Waals surface area contributed by atoms with E-state index >= 15 is 0 Å². The predicted octanol–water partition coefficient (Wildman–Crippen LogP) is 6.16. The Kier molecular flexibility index (Phi) is 9.66. The molecule has 0 bridgehead atoms. The first-order valence-corrected chi connectivity index (χ1v) is 18.4. The van der Waals surface area contributed by atoms with Gasteiger partial charge in [-0.05, 0) is 68.3 Å². The predicted molar refractivity (Wildman–Crippen MR) is 149 cm³/mol. The van der Waals surface area contributed by atoms with Gasteiger partial charge in [0.1, 0.15) is 7.85 Å². The molecule has 0 aromatic heterocycles. The normalized spacial score (nSPS) is 28.8. The maximum absolute atomic E-state index is 6.82. The summed E-state index contributed by atoms with van der Waals surface area (Å²) >= 11 is 0. The molecule has 0 saturated heterocycles. The van der Waals surface area contributed by atoms with Crippen LogP contribution < -0.4 is 0 Å². The van der Waals surface area contributed by atoms with E-state index in [4.69, 9.17) is 17.3 Å². The van der Waals surface area contributed by atoms with Gasteiger partial charge in [-0.1, -0.05) is 54.9 Å². The van der Waals surface area contributed by atoms with Crippen molar-refractivity contribution in [2.45, 2.75) is 79.1 Å². The van der Waals surface area contributed by atoms with Gasteiger partial charge < -0.3 is 4.74 Å². The van der Waals surface area contributed by atoms with Crippen molar-refractivity contribution >= 4 is 48.1 Å². The fourth-order valence-electron chi connectivity index (χ4n) is 4.30. The van der Waals surface area contributed by atoms with Crippen LogP contribution in [-0.2, 0) is 4.74 Å². The molecule has 0 amide bonds. The summed E-state index contributed by atoms with van der Waals surface area (Å²) in [7, 11) is 1.52. The highest BCUT2D eigenvalue weighted by molar-refractivity contribution is 7.84. The van der Waals surface area contributed by atoms with Crippen molar-refractivity contribution in [2.24, 2.45) is 11.3 Å². The second-order valence-electron chi connectivity index (χ2n) is 10.8. The van der Waals surface area contributed by atoms with E-state index < -0.39 is 21.3 Å². The van der Waals surface area contributed by atoms with Crippen LogP contribution in [0.15, 0.2) is 0 Å². The fourth-order valence-corrected chi connectivity index (χ4v) is 15.7. The van der Waals surface area contributed by atoms with E-state index in [-0.39, 0.29) is 5.34 Å². The lowest BCUT2D eigenvalue weighted by Gasteiger charge is -2.38. The lowest BCUT2D eigenvalue weighted by molar-refractivity contribution is -0.0426. The summed E-state index contributed by atoms with van der Waals surface area (Å²) in [6.45, 7) is 16.7. The molecule has 5 heteroatoms. The van der Waals surface area contributed by atoms with Crippen LogP contribution in [0.5, 0.6) is 0 Å². The summed E-state index contributed by atoms with van der Waals surface area (Å²) in [6.07, 6.45) is 22.2. The Morgan fingerprint density at radius 1 is 1.07 bits per heavy atom. The summed E-state index contributed by atoms with van der Waals surface area (Å²) in [4.78, 5) is 0. The van der Waals surface area contributed by atoms with E-state index in [9.17, 15) is 0 Å². The Bertz CT molecular complexity index is 630. The highest BCUT2D eigenvalue weighted by Crippen LogP contribution is 2.60. The highest BCUT2D eigenvalue weighted by Gasteiger charge is 2.46. The van der Waals surface area contributed by atoms with Gasteiger partial charge in [0, 0.05) is 0 Å². The van der Waals surface area contributed by atoms with Gasteiger partial charge in [0.05, 0.1) is 11.4 Å². The number of ether oxygens (including phenoxy) is 1. The molecule has 0 heterocycles. The first kappa shape index (κ1) is 27.0. The minimum atomic E-state index is -1.18. The van der Waals surface area contributed by atoms with Gasteiger partial charge in [0.25, 0.3) is 0 Å². The van der Waals surface area contributed by atoms with E-state index in [0.717, 1.165) is 5.82 Å². The standard InChI is InChI=1S/C23H50BOP3/c1-12-27(10,13-2)15-16-28(11,14-3)18-26(9)23(7,8)25-20-17-21(24)22(5,6)19(20)4/h19-21,26H,9-18,24H2,1-8H3/t19-,20+,21-,28?/m1/s1. The third kappa shape index (κ3) is 6.46. The number of hydrogen-bond acceptors (Lipinski definition) is 1. The van der Waals surface area contributed by atoms with Gasteiger partial charge in [0.15, 0.2) is 0 Å². The first-order chi connectivity index (χ1) is 12.7. The van der Waals surface area contributed by atoms with Crippen LogP contribution in [0.3, 0.4) is 0 Å². The van der Waals surface area contributed by atoms with E-state index in [1.807, 2.05) is 0 Å². The monoisotopic (exact) mass is 446 g/mol. The van der Waals surface area contributed by atoms with Gasteiger partial charge in [-0.3, -0.25) is 0 Å². The molecule has 1 fully saturated rings. The lowest BCUT2D eigenvalue weighted by Crippen LogP contribution is -2.32. The molecule has 0 aliphatic heterocycles. The Balaban J connectivity index is 2.82. The zero-order chi connectivity index (χ0) is 22.0. The SMILES string of the molecule is B[C@@H]1C[C@H](OC(C)(C)[PH](=C)CP(=C)(CC)CCP(=C)(CC)CC)[C@@H](C)C1(C)C. The maximum Gasteiger partial charge on any atom is 0.106 e. The highest BCUT2D eigenvalue weighted by atomic mass is 31.2. The molecule has 5 atom stereocenters. The van der Waals surface area contributed by atoms with Crippen molar-refractivity contribution < 1.29 is 4.74 Å². The smallest absolute Gasteiger partial charge is 0.106 e. The van der Waals surface area contributed by atoms with Crippen molar-refractivity contribution in [3.8, 4) is 0 Å². The Hall–Kier alpha value is 0.925. The van der Waals surface area contributed by atoms with Crippen LogP contribution in [0.25, 0.3) is 0 Å². The maximum atomic E-state index is 6.82. The van der Waals surface area contributed by atoms with E-state index in [0.29, 0.717) is 17.4 Å². The molecule has 1 aliphatic rings. The summed E-state index contributed by atoms with van der Waals surface area (Å²) in [5, 5.41) is -0.0892. The largest absolute Gasteiger partial charge is 0.368 e. The van der Waals surface area contributed by atoms with Crippen molar-refractivity contribution in [1.82, 2.24) is 0 Å². The van der Waals surface area contributed by atoms with E-state index in [2.05, 4.69) is 69.5 Å². The average Bonchev–Trinajstić information content (AvgIpc) is 2.82. The molecule has 0 spiro atoms. The molecule has 0 N–H and O–H groups in total. The van der Waals surface area contributed by atoms with Gasteiger partial charge in [-0.2, -0.15) is 0 Å². The zero-order valence-corrected chi connectivity index (χ0v) is 23.4. The number of rotatable bonds is 11. The molecule has 2 unspecified atom stereocenters. The van der Waals surface area contributed by atoms with Crippen molar-refractivity contribution in [3.05, 3.63) is 0 Å². The van der Waals surface area contributed by atoms with E-state index in [1.54, 1.807) is 0 Å². The summed E-state index contributed by atoms with van der Waals surface area (Å²) < 4.78 is 6.82. The van der Waals surface area contributed by atoms with Crippen LogP contribution in [0, 0.1) is 11.3 Å². The molecule has 0 aromatic carbocycles. The average molecular weight is 446 g/mol. The van der Waals surface area contributed by atoms with Crippen LogP contribution in [0.1, 0.15) is 61.8 Å². The number of hydrogen-bond donors (Lipinski definition) is 0. The minimum Gasteiger partial charge on any atom is -0.368 e. The molecular weight excluding hydrogens is 396 g/mol. The minimum absolute atomic E-state index is 0.0892. The molecular formula is C23H50BOP3. The summed E-state index contributed by atoms with van der Waals surface area (Å²) in [6, 6.07) is 0. The van der Waals surface area contributed by atoms with Gasteiger partial charge in [-0.15, -0.1) is 32.7 Å². The van der Waals surface area contributed by atoms with E-state index in [1.165, 1.54) is 43.1 Å². The second kappa shape index (κ2) is 10.0. The molecule has 1 aliphatic carbocycles. The molecule has 1 saturated carbocycles. The van der Waals surface area contributed by atoms with Crippen LogP contribution in [0.4, 0.5) is 0 Å². The van der Waals surface area contributed by atoms with Crippen LogP contribution in [-0.4, -0.2) is 74.9 Å². The Morgan fingerprint density at radius 2 is 1.54 bits per heavy atom.